The molecule has 0 unspecified atom stereocenters. The van der Waals surface area contributed by atoms with Gasteiger partial charge in [-0.1, -0.05) is 89.5 Å². The maximum absolute atomic E-state index is 2.44. The first-order valence-electron chi connectivity index (χ1n) is 8.62. The van der Waals surface area contributed by atoms with E-state index in [9.17, 15) is 0 Å². The van der Waals surface area contributed by atoms with Gasteiger partial charge < -0.3 is 0 Å². The third kappa shape index (κ3) is 13.4. The second kappa shape index (κ2) is 11.6. The minimum absolute atomic E-state index is 0. The lowest BCUT2D eigenvalue weighted by atomic mass is 9.65. The van der Waals surface area contributed by atoms with Crippen molar-refractivity contribution in [2.75, 3.05) is 0 Å². The zero-order valence-corrected chi connectivity index (χ0v) is 15.1. The topological polar surface area (TPSA) is 0 Å². The van der Waals surface area contributed by atoms with Gasteiger partial charge in [0.25, 0.3) is 0 Å². The molecule has 0 aromatic heterocycles. The highest BCUT2D eigenvalue weighted by Crippen LogP contribution is 2.44. The summed E-state index contributed by atoms with van der Waals surface area (Å²) in [6.07, 6.45) is 9.69. The van der Waals surface area contributed by atoms with Crippen molar-refractivity contribution in [3.63, 3.8) is 0 Å². The van der Waals surface area contributed by atoms with E-state index in [1.165, 1.54) is 44.9 Å². The highest BCUT2D eigenvalue weighted by atomic mass is 14.4. The van der Waals surface area contributed by atoms with Crippen LogP contribution in [-0.4, -0.2) is 0 Å². The van der Waals surface area contributed by atoms with Crippen LogP contribution in [0.1, 0.15) is 115 Å². The van der Waals surface area contributed by atoms with Crippen LogP contribution in [0.25, 0.3) is 0 Å². The fourth-order valence-corrected chi connectivity index (χ4v) is 4.44. The average Bonchev–Trinajstić information content (AvgIpc) is 2.12. The van der Waals surface area contributed by atoms with E-state index >= 15 is 0 Å². The molecule has 0 N–H and O–H groups in total. The zero-order valence-electron chi connectivity index (χ0n) is 15.1. The number of unbranched alkanes of at least 4 members (excludes halogenated alkanes) is 2. The largest absolute Gasteiger partial charge is 0.0776 e. The van der Waals surface area contributed by atoms with Gasteiger partial charge in [-0.2, -0.15) is 0 Å². The fraction of sp³-hybridized carbons (Fsp3) is 1.00. The molecular weight excluding hydrogens is 252 g/mol. The lowest BCUT2D eigenvalue weighted by Gasteiger charge is -2.40. The van der Waals surface area contributed by atoms with Gasteiger partial charge in [-0.05, 0) is 48.3 Å². The van der Waals surface area contributed by atoms with Gasteiger partial charge in [0.2, 0.25) is 0 Å². The van der Waals surface area contributed by atoms with Crippen LogP contribution in [0.15, 0.2) is 0 Å². The van der Waals surface area contributed by atoms with Crippen molar-refractivity contribution < 1.29 is 0 Å². The fourth-order valence-electron chi connectivity index (χ4n) is 4.44. The monoisotopic (exact) mass is 300 g/mol. The standard InChI is InChI=1S/C14H28.C5H12.2CH4/c1-11-7-13(3,4)9-12(2)10-14(5,6)8-11;1-3-5-4-2;;/h11-12H,7-10H2,1-6H3;3-5H2,1-2H3;2*1H4. The summed E-state index contributed by atoms with van der Waals surface area (Å²) in [4.78, 5) is 0. The van der Waals surface area contributed by atoms with E-state index in [0.29, 0.717) is 10.8 Å². The highest BCUT2D eigenvalue weighted by molar-refractivity contribution is 4.84. The SMILES string of the molecule is C.C.CC1CC(C)(C)CC(C)CC(C)(C)C1.CCCCC. The first-order valence-corrected chi connectivity index (χ1v) is 8.62. The van der Waals surface area contributed by atoms with Crippen LogP contribution in [0.5, 0.6) is 0 Å². The lowest BCUT2D eigenvalue weighted by molar-refractivity contribution is 0.111. The van der Waals surface area contributed by atoms with Crippen molar-refractivity contribution in [1.29, 1.82) is 0 Å². The van der Waals surface area contributed by atoms with Gasteiger partial charge in [0.05, 0.1) is 0 Å². The summed E-state index contributed by atoms with van der Waals surface area (Å²) in [5, 5.41) is 0. The van der Waals surface area contributed by atoms with Crippen molar-refractivity contribution in [1.82, 2.24) is 0 Å². The Hall–Kier alpha value is 0. The molecule has 0 heteroatoms. The zero-order chi connectivity index (χ0) is 15.1. The molecule has 0 aliphatic heterocycles. The van der Waals surface area contributed by atoms with Gasteiger partial charge in [0, 0.05) is 0 Å². The van der Waals surface area contributed by atoms with E-state index in [1.54, 1.807) is 0 Å². The maximum Gasteiger partial charge on any atom is -0.0349 e. The van der Waals surface area contributed by atoms with Gasteiger partial charge in [-0.3, -0.25) is 0 Å². The van der Waals surface area contributed by atoms with Crippen molar-refractivity contribution in [2.45, 2.75) is 115 Å². The molecule has 0 amide bonds. The molecule has 0 atom stereocenters. The van der Waals surface area contributed by atoms with Crippen LogP contribution < -0.4 is 0 Å². The molecule has 21 heavy (non-hydrogen) atoms. The number of rotatable bonds is 2. The van der Waals surface area contributed by atoms with Crippen molar-refractivity contribution in [3.05, 3.63) is 0 Å². The van der Waals surface area contributed by atoms with Crippen LogP contribution in [0.4, 0.5) is 0 Å². The molecule has 0 heterocycles. The van der Waals surface area contributed by atoms with Crippen molar-refractivity contribution in [2.24, 2.45) is 22.7 Å². The molecule has 1 rings (SSSR count). The summed E-state index contributed by atoms with van der Waals surface area (Å²) in [5.74, 6) is 1.79. The number of hydrogen-bond acceptors (Lipinski definition) is 0. The van der Waals surface area contributed by atoms with Crippen molar-refractivity contribution >= 4 is 0 Å². The Morgan fingerprint density at radius 3 is 1.05 bits per heavy atom. The quantitative estimate of drug-likeness (QED) is 0.480. The van der Waals surface area contributed by atoms with Gasteiger partial charge >= 0.3 is 0 Å². The molecule has 0 bridgehead atoms. The Morgan fingerprint density at radius 2 is 0.905 bits per heavy atom. The molecular formula is C21H48. The summed E-state index contributed by atoms with van der Waals surface area (Å²) in [5.41, 5.74) is 1.13. The predicted octanol–water partition coefficient (Wildman–Crippen LogP) is 8.35. The maximum atomic E-state index is 2.44. The summed E-state index contributed by atoms with van der Waals surface area (Å²) in [7, 11) is 0. The molecule has 0 radical (unpaired) electrons. The van der Waals surface area contributed by atoms with Gasteiger partial charge in [-0.15, -0.1) is 0 Å². The van der Waals surface area contributed by atoms with E-state index in [-0.39, 0.29) is 14.9 Å². The smallest absolute Gasteiger partial charge is 0.0349 e. The molecule has 1 fully saturated rings. The Kier molecular flexibility index (Phi) is 14.3. The minimum atomic E-state index is 0. The highest BCUT2D eigenvalue weighted by Gasteiger charge is 2.32. The second-order valence-corrected chi connectivity index (χ2v) is 8.71. The van der Waals surface area contributed by atoms with Crippen LogP contribution in [0.3, 0.4) is 0 Å². The molecule has 0 aromatic carbocycles. The predicted molar refractivity (Wildman–Crippen MR) is 103 cm³/mol. The first kappa shape index (κ1) is 25.9. The normalized spacial score (nSPS) is 26.9. The van der Waals surface area contributed by atoms with Gasteiger partial charge in [0.15, 0.2) is 0 Å². The van der Waals surface area contributed by atoms with Crippen LogP contribution >= 0.6 is 0 Å². The summed E-state index contributed by atoms with van der Waals surface area (Å²) in [6, 6.07) is 0. The van der Waals surface area contributed by atoms with Crippen LogP contribution in [-0.2, 0) is 0 Å². The first-order chi connectivity index (χ1) is 8.62. The minimum Gasteiger partial charge on any atom is -0.0776 e. The van der Waals surface area contributed by atoms with Gasteiger partial charge in [0.1, 0.15) is 0 Å². The molecule has 1 aliphatic carbocycles. The van der Waals surface area contributed by atoms with Crippen LogP contribution in [0, 0.1) is 22.7 Å². The summed E-state index contributed by atoms with van der Waals surface area (Å²) < 4.78 is 0. The Morgan fingerprint density at radius 1 is 0.667 bits per heavy atom. The molecule has 132 valence electrons. The summed E-state index contributed by atoms with van der Waals surface area (Å²) >= 11 is 0. The van der Waals surface area contributed by atoms with Crippen LogP contribution in [0.2, 0.25) is 0 Å². The van der Waals surface area contributed by atoms with Gasteiger partial charge in [-0.25, -0.2) is 0 Å². The molecule has 0 nitrogen and oxygen atoms in total. The lowest BCUT2D eigenvalue weighted by Crippen LogP contribution is -2.29. The Labute approximate surface area is 138 Å². The third-order valence-electron chi connectivity index (χ3n) is 4.31. The number of hydrogen-bond donors (Lipinski definition) is 0. The summed E-state index contributed by atoms with van der Waals surface area (Å²) in [6.45, 7) is 19.1. The van der Waals surface area contributed by atoms with E-state index in [4.69, 9.17) is 0 Å². The molecule has 0 spiro atoms. The molecule has 0 saturated heterocycles. The van der Waals surface area contributed by atoms with E-state index < -0.39 is 0 Å². The third-order valence-corrected chi connectivity index (χ3v) is 4.31. The average molecular weight is 301 g/mol. The van der Waals surface area contributed by atoms with E-state index in [0.717, 1.165) is 11.8 Å². The molecule has 1 saturated carbocycles. The van der Waals surface area contributed by atoms with E-state index in [2.05, 4.69) is 55.4 Å². The molecule has 1 aliphatic rings. The van der Waals surface area contributed by atoms with E-state index in [1.807, 2.05) is 0 Å². The Balaban J connectivity index is -0.000000405. The van der Waals surface area contributed by atoms with Crippen molar-refractivity contribution in [3.8, 4) is 0 Å². The Bertz CT molecular complexity index is 184. The second-order valence-electron chi connectivity index (χ2n) is 8.71. The molecule has 0 aromatic rings.